The molecule has 37 heteroatoms. The summed E-state index contributed by atoms with van der Waals surface area (Å²) in [5.74, 6) is -12.9. The number of halogens is 12. The molecule has 6 N–H and O–H groups in total. The average molecular weight is 1610 g/mol. The Labute approximate surface area is 642 Å². The molecule has 0 aromatic heterocycles. The molecule has 0 bridgehead atoms. The van der Waals surface area contributed by atoms with Gasteiger partial charge in [-0.15, -0.1) is 5.06 Å². The van der Waals surface area contributed by atoms with Gasteiger partial charge in [0.1, 0.15) is 23.0 Å². The number of benzene rings is 8. The molecule has 0 aliphatic carbocycles. The van der Waals surface area contributed by atoms with Crippen LogP contribution in [-0.4, -0.2) is 120 Å². The summed E-state index contributed by atoms with van der Waals surface area (Å²) in [4.78, 5) is 145. The lowest BCUT2D eigenvalue weighted by Crippen LogP contribution is -2.44. The number of Topliss-reactive ketones (excluding diaryl/α,β-unsaturated/α-hetero) is 1. The number of hydrogen-bond acceptors (Lipinski definition) is 18. The van der Waals surface area contributed by atoms with Crippen molar-refractivity contribution < 1.29 is 134 Å². The van der Waals surface area contributed by atoms with Crippen LogP contribution in [0.15, 0.2) is 176 Å². The first-order valence-corrected chi connectivity index (χ1v) is 34.2. The third-order valence-corrected chi connectivity index (χ3v) is 17.5. The van der Waals surface area contributed by atoms with Gasteiger partial charge < -0.3 is 60.6 Å². The number of carbonyl (C=O) groups excluding carboxylic acids is 12. The van der Waals surface area contributed by atoms with Crippen molar-refractivity contribution in [1.29, 1.82) is 0 Å². The highest BCUT2D eigenvalue weighted by Gasteiger charge is 2.56. The molecule has 0 radical (unpaired) electrons. The first kappa shape index (κ1) is 83.8. The fourth-order valence-electron chi connectivity index (χ4n) is 12.5. The predicted octanol–water partition coefficient (Wildman–Crippen LogP) is 13.6. The number of amides is 8. The quantitative estimate of drug-likeness (QED) is 0.0226. The van der Waals surface area contributed by atoms with Gasteiger partial charge in [0.05, 0.1) is 23.7 Å². The number of para-hydroxylation sites is 1. The van der Waals surface area contributed by atoms with Crippen LogP contribution in [0.5, 0.6) is 23.0 Å². The second-order valence-electron chi connectivity index (χ2n) is 25.7. The summed E-state index contributed by atoms with van der Waals surface area (Å²) in [5, 5.41) is 12.8. The molecule has 8 aromatic rings. The van der Waals surface area contributed by atoms with E-state index >= 15 is 0 Å². The van der Waals surface area contributed by atoms with Crippen molar-refractivity contribution in [3.63, 3.8) is 0 Å². The summed E-state index contributed by atoms with van der Waals surface area (Å²) in [5.41, 5.74) is 0.255. The van der Waals surface area contributed by atoms with E-state index in [9.17, 15) is 110 Å². The first-order chi connectivity index (χ1) is 54.1. The lowest BCUT2D eigenvalue weighted by atomic mass is 9.77. The van der Waals surface area contributed by atoms with Crippen molar-refractivity contribution in [2.45, 2.75) is 102 Å². The van der Waals surface area contributed by atoms with Crippen LogP contribution in [0.4, 0.5) is 86.8 Å². The predicted molar refractivity (Wildman–Crippen MR) is 381 cm³/mol. The Balaban J connectivity index is 0.000000172. The molecule has 600 valence electrons. The molecule has 13 rings (SSSR count). The number of imide groups is 1. The highest BCUT2D eigenvalue weighted by molar-refractivity contribution is 6.03. The molecule has 8 aromatic carbocycles. The van der Waals surface area contributed by atoms with Crippen molar-refractivity contribution in [1.82, 2.24) is 15.7 Å². The summed E-state index contributed by atoms with van der Waals surface area (Å²) in [7, 11) is 0. The van der Waals surface area contributed by atoms with Gasteiger partial charge in [-0.05, 0) is 111 Å². The molecule has 8 amide bonds. The van der Waals surface area contributed by atoms with Crippen LogP contribution < -0.4 is 46.3 Å². The van der Waals surface area contributed by atoms with E-state index in [2.05, 4.69) is 15.5 Å². The monoisotopic (exact) mass is 1610 g/mol. The zero-order chi connectivity index (χ0) is 83.9. The van der Waals surface area contributed by atoms with E-state index < -0.39 is 95.3 Å². The Morgan fingerprint density at radius 1 is 0.452 bits per heavy atom. The van der Waals surface area contributed by atoms with Crippen molar-refractivity contribution in [3.8, 4) is 23.0 Å². The maximum atomic E-state index is 13.1. The molecule has 1 atom stereocenters. The van der Waals surface area contributed by atoms with E-state index in [0.29, 0.717) is 29.2 Å². The fraction of sp³-hybridized carbons (Fsp3) is 0.231. The fourth-order valence-corrected chi connectivity index (χ4v) is 12.5. The largest absolute Gasteiger partial charge is 0.471 e. The Hall–Kier alpha value is -13.6. The molecule has 5 aliphatic heterocycles. The van der Waals surface area contributed by atoms with Crippen LogP contribution in [0, 0.1) is 6.92 Å². The SMILES string of the molecule is CC(=O)NCCCCC(NC(C)=O)C(=O)CN(c1ccccc1)c1ccc(C)cc1.CC(=O)ON1C(=O)CCC1=O.O=C1OC2(c3ccc(NC(=O)C(F)(F)F)cc3Oc3cc(NC(=O)C(F)(F)F)ccc32)c2ccccc21.O=C1OC2(c3ccc(NC(=O)C(F)(F)F)cc3Oc3cc(NC(=O)C(F)(F)F)ccc32)c2ccccc21. The van der Waals surface area contributed by atoms with E-state index in [1.807, 2.05) is 66.4 Å². The number of fused-ring (bicyclic) bond motifs is 12. The second kappa shape index (κ2) is 33.7. The molecule has 0 saturated carbocycles. The summed E-state index contributed by atoms with van der Waals surface area (Å²) in [6.07, 6.45) is -18.4. The van der Waals surface area contributed by atoms with Crippen LogP contribution in [0.1, 0.15) is 113 Å². The average Bonchev–Trinajstić information content (AvgIpc) is 1.59. The van der Waals surface area contributed by atoms with Gasteiger partial charge in [-0.25, -0.2) is 14.4 Å². The third kappa shape index (κ3) is 19.1. The molecule has 1 fully saturated rings. The van der Waals surface area contributed by atoms with E-state index in [0.717, 1.165) is 85.2 Å². The molecular weight excluding hydrogens is 1550 g/mol. The zero-order valence-electron chi connectivity index (χ0n) is 60.1. The molecule has 5 aliphatic rings. The summed E-state index contributed by atoms with van der Waals surface area (Å²) in [6, 6.07) is 43.9. The van der Waals surface area contributed by atoms with Gasteiger partial charge in [0, 0.05) is 132 Å². The van der Waals surface area contributed by atoms with Crippen LogP contribution in [0.25, 0.3) is 0 Å². The van der Waals surface area contributed by atoms with Crippen molar-refractivity contribution in [3.05, 3.63) is 226 Å². The van der Waals surface area contributed by atoms with Crippen LogP contribution in [-0.2, 0) is 73.5 Å². The standard InChI is InChI=1S/2C24H12F6N2O5.C24H31N3O3.C6H7NO4/c2*25-23(26,27)20(34)31-11-5-7-15-17(9-11)36-18-10-12(32-21(35)24(28,29)30)6-8-16(18)22(15)14-4-2-1-3-13(14)19(33)37-22;1-18-12-14-22(15-13-18)27(21-9-5-4-6-10-21)17-24(30)23(26-20(3)29)11-7-8-16-25-19(2)28;1-4(8)11-7-5(9)2-3-6(7)10/h2*1-10H,(H,31,34)(H,32,35);4-6,9-10,12-15,23H,7-8,11,16-17H2,1-3H3,(H,25,28)(H,26,29);2-3H2,1H3. The number of unbranched alkanes of at least 4 members (excludes halogenated alkanes) is 1. The Bertz CT molecular complexity index is 4800. The number of hydroxylamine groups is 2. The minimum absolute atomic E-state index is 0.0471. The number of ether oxygens (including phenoxy) is 4. The second-order valence-corrected chi connectivity index (χ2v) is 25.7. The van der Waals surface area contributed by atoms with E-state index in [1.54, 1.807) is 57.7 Å². The number of rotatable bonds is 16. The van der Waals surface area contributed by atoms with Gasteiger partial charge in [0.15, 0.2) is 17.0 Å². The van der Waals surface area contributed by atoms with Gasteiger partial charge in [-0.3, -0.25) is 43.2 Å². The molecular formula is C78H62F12N8O17. The minimum atomic E-state index is -5.17. The number of ketones is 1. The molecule has 2 spiro atoms. The summed E-state index contributed by atoms with van der Waals surface area (Å²) < 4.78 is 176. The Morgan fingerprint density at radius 2 is 0.809 bits per heavy atom. The highest BCUT2D eigenvalue weighted by Crippen LogP contribution is 2.59. The third-order valence-electron chi connectivity index (χ3n) is 17.5. The topological polar surface area (TPSA) is 330 Å². The summed E-state index contributed by atoms with van der Waals surface area (Å²) >= 11 is 0. The lowest BCUT2D eigenvalue weighted by Gasteiger charge is -2.36. The van der Waals surface area contributed by atoms with E-state index in [4.69, 9.17) is 18.9 Å². The van der Waals surface area contributed by atoms with Gasteiger partial charge in [0.25, 0.3) is 11.8 Å². The molecule has 1 unspecified atom stereocenters. The minimum Gasteiger partial charge on any atom is -0.456 e. The van der Waals surface area contributed by atoms with E-state index in [-0.39, 0.29) is 116 Å². The smallest absolute Gasteiger partial charge is 0.456 e. The van der Waals surface area contributed by atoms with Crippen LogP contribution in [0.3, 0.4) is 0 Å². The van der Waals surface area contributed by atoms with Gasteiger partial charge in [-0.2, -0.15) is 52.7 Å². The molecule has 115 heavy (non-hydrogen) atoms. The van der Waals surface area contributed by atoms with Crippen molar-refractivity contribution in [2.75, 3.05) is 39.3 Å². The first-order valence-electron chi connectivity index (χ1n) is 34.2. The number of aryl methyl sites for hydroxylation is 1. The number of nitrogens with one attached hydrogen (secondary N) is 6. The highest BCUT2D eigenvalue weighted by atomic mass is 19.4. The number of alkyl halides is 12. The number of nitrogens with zero attached hydrogens (tertiary/aromatic N) is 2. The zero-order valence-corrected chi connectivity index (χ0v) is 60.1. The normalized spacial score (nSPS) is 14.4. The van der Waals surface area contributed by atoms with Gasteiger partial charge in [-0.1, -0.05) is 72.3 Å². The molecule has 1 saturated heterocycles. The Morgan fingerprint density at radius 3 is 1.16 bits per heavy atom. The lowest BCUT2D eigenvalue weighted by molar-refractivity contribution is -0.195. The van der Waals surface area contributed by atoms with Crippen molar-refractivity contribution >= 4 is 105 Å². The van der Waals surface area contributed by atoms with E-state index in [1.165, 1.54) is 50.2 Å². The van der Waals surface area contributed by atoms with Crippen LogP contribution in [0.2, 0.25) is 0 Å². The number of carbonyl (C=O) groups is 12. The summed E-state index contributed by atoms with van der Waals surface area (Å²) in [6.45, 7) is 6.79. The number of anilines is 6. The Kier molecular flexibility index (Phi) is 24.6. The van der Waals surface area contributed by atoms with Gasteiger partial charge in [0.2, 0.25) is 11.8 Å². The number of hydrogen-bond donors (Lipinski definition) is 6. The molecule has 25 nitrogen and oxygen atoms in total. The van der Waals surface area contributed by atoms with Gasteiger partial charge >= 0.3 is 66.2 Å². The number of esters is 2. The van der Waals surface area contributed by atoms with Crippen molar-refractivity contribution in [2.24, 2.45) is 0 Å². The maximum absolute atomic E-state index is 13.1. The maximum Gasteiger partial charge on any atom is 0.471 e. The van der Waals surface area contributed by atoms with Crippen LogP contribution >= 0.6 is 0 Å². The molecule has 5 heterocycles.